The minimum absolute atomic E-state index is 0.0960. The SMILES string of the molecule is CC/C=C\C/C=C\C/C=C\C/C=C\C/C=C\CCCCCCCCCCCCCCCCCCCC(=O)OCC(O)COP(=O)(O)OCC(O)COP(=O)(O)OCC(COC(=O)CCCCCCCCCCCCCCCCC/C=C\C/C=C\C/C=C\C/C=C\CCCCC)OC(=O)CCCCCCC/C=C\CCCCCC. The largest absolute Gasteiger partial charge is 0.472 e. The highest BCUT2D eigenvalue weighted by molar-refractivity contribution is 7.47. The molecule has 5 unspecified atom stereocenters. The van der Waals surface area contributed by atoms with Crippen LogP contribution >= 0.6 is 15.6 Å². The second-order valence-corrected chi connectivity index (χ2v) is 33.6. The molecule has 0 aromatic carbocycles. The van der Waals surface area contributed by atoms with Gasteiger partial charge in [-0.15, -0.1) is 0 Å². The molecule has 0 spiro atoms. The van der Waals surface area contributed by atoms with Crippen molar-refractivity contribution in [1.29, 1.82) is 0 Å². The summed E-state index contributed by atoms with van der Waals surface area (Å²) in [6, 6.07) is 0. The van der Waals surface area contributed by atoms with Crippen LogP contribution in [-0.2, 0) is 55.8 Å². The average Bonchev–Trinajstić information content (AvgIpc) is 0.903. The van der Waals surface area contributed by atoms with Gasteiger partial charge in [0.2, 0.25) is 0 Å². The standard InChI is InChI=1S/C95H168O16P2/c1-4-7-10-13-16-19-22-25-27-29-31-33-35-37-39-41-43-44-46-48-49-51-53-55-57-59-61-64-66-69-72-75-78-81-93(98)105-84-90(96)85-107-112(101,102)108-86-91(97)87-109-113(103,104)110-89-92(111-95(100)83-80-77-74-71-68-63-24-21-18-15-12-9-6-3)88-106-94(99)82-79-76-73-70-67-65-62-60-58-56-54-52-50-47-45-42-40-38-36-34-32-30-28-26-23-20-17-14-11-8-5-2/h7,10,16-17,19-21,24-28,31-34,37-40,90-92,96-97H,4-6,8-9,11-15,18,22-23,29-30,35-36,41-89H2,1-3H3,(H,101,102)(H,103,104)/b10-7-,19-16-,20-17-,24-21-,27-25-,28-26-,33-31-,34-32-,39-37-,40-38-. The maximum atomic E-state index is 13.0. The van der Waals surface area contributed by atoms with Crippen LogP contribution in [0, 0.1) is 0 Å². The zero-order chi connectivity index (χ0) is 82.2. The van der Waals surface area contributed by atoms with Crippen LogP contribution in [0.4, 0.5) is 0 Å². The molecule has 0 bridgehead atoms. The van der Waals surface area contributed by atoms with Crippen LogP contribution in [-0.4, -0.2) is 95.9 Å². The van der Waals surface area contributed by atoms with Crippen molar-refractivity contribution in [1.82, 2.24) is 0 Å². The lowest BCUT2D eigenvalue weighted by Crippen LogP contribution is -2.30. The number of carbonyl (C=O) groups is 3. The Hall–Kier alpha value is -4.05. The Kier molecular flexibility index (Phi) is 84.1. The molecule has 0 aromatic rings. The average molecular weight is 1630 g/mol. The molecule has 16 nitrogen and oxygen atoms in total. The normalized spacial score (nSPS) is 14.4. The number of phosphoric acid groups is 2. The van der Waals surface area contributed by atoms with E-state index in [0.717, 1.165) is 128 Å². The van der Waals surface area contributed by atoms with Gasteiger partial charge in [-0.3, -0.25) is 32.5 Å². The second kappa shape index (κ2) is 87.3. The van der Waals surface area contributed by atoms with Crippen molar-refractivity contribution in [2.24, 2.45) is 0 Å². The topological polar surface area (TPSA) is 231 Å². The summed E-state index contributed by atoms with van der Waals surface area (Å²) in [5.74, 6) is -1.57. The lowest BCUT2D eigenvalue weighted by Gasteiger charge is -2.21. The zero-order valence-corrected chi connectivity index (χ0v) is 73.8. The Labute approximate surface area is 691 Å². The lowest BCUT2D eigenvalue weighted by molar-refractivity contribution is -0.161. The molecule has 18 heteroatoms. The highest BCUT2D eigenvalue weighted by Crippen LogP contribution is 2.45. The Balaban J connectivity index is 4.39. The lowest BCUT2D eigenvalue weighted by atomic mass is 10.0. The maximum Gasteiger partial charge on any atom is 0.472 e. The van der Waals surface area contributed by atoms with Crippen molar-refractivity contribution in [3.8, 4) is 0 Å². The third-order valence-corrected chi connectivity index (χ3v) is 21.5. The van der Waals surface area contributed by atoms with Gasteiger partial charge in [-0.25, -0.2) is 9.13 Å². The molecular weight excluding hydrogens is 1460 g/mol. The number of hydrogen-bond acceptors (Lipinski definition) is 14. The molecule has 0 saturated carbocycles. The fourth-order valence-corrected chi connectivity index (χ4v) is 14.3. The summed E-state index contributed by atoms with van der Waals surface area (Å²) in [5, 5.41) is 20.7. The Morgan fingerprint density at radius 3 is 0.770 bits per heavy atom. The summed E-state index contributed by atoms with van der Waals surface area (Å²) in [6.07, 6.45) is 107. The number of aliphatic hydroxyl groups is 2. The van der Waals surface area contributed by atoms with Gasteiger partial charge in [0.1, 0.15) is 25.4 Å². The minimum atomic E-state index is -4.93. The summed E-state index contributed by atoms with van der Waals surface area (Å²) in [6.45, 7) is 2.58. The molecular formula is C95H168O16P2. The number of aliphatic hydroxyl groups excluding tert-OH is 2. The predicted octanol–water partition coefficient (Wildman–Crippen LogP) is 28.0. The first-order valence-electron chi connectivity index (χ1n) is 45.8. The number of carbonyl (C=O) groups excluding carboxylic acids is 3. The molecule has 0 aliphatic rings. The monoisotopic (exact) mass is 1630 g/mol. The Bertz CT molecular complexity index is 2540. The van der Waals surface area contributed by atoms with Crippen LogP contribution in [0.2, 0.25) is 0 Å². The molecule has 0 aromatic heterocycles. The fourth-order valence-electron chi connectivity index (χ4n) is 12.7. The van der Waals surface area contributed by atoms with Crippen LogP contribution in [0.5, 0.6) is 0 Å². The number of unbranched alkanes of at least 4 members (excludes halogenated alkanes) is 44. The smallest absolute Gasteiger partial charge is 0.463 e. The summed E-state index contributed by atoms with van der Waals surface area (Å²) in [4.78, 5) is 58.8. The van der Waals surface area contributed by atoms with Gasteiger partial charge in [-0.05, 0) is 135 Å². The van der Waals surface area contributed by atoms with Gasteiger partial charge in [-0.1, -0.05) is 373 Å². The van der Waals surface area contributed by atoms with Gasteiger partial charge in [0.05, 0.1) is 26.4 Å². The van der Waals surface area contributed by atoms with E-state index in [-0.39, 0.29) is 19.3 Å². The highest BCUT2D eigenvalue weighted by atomic mass is 31.2. The molecule has 113 heavy (non-hydrogen) atoms. The third kappa shape index (κ3) is 88.6. The van der Waals surface area contributed by atoms with Crippen molar-refractivity contribution in [3.63, 3.8) is 0 Å². The van der Waals surface area contributed by atoms with E-state index in [9.17, 15) is 43.5 Å². The van der Waals surface area contributed by atoms with Crippen LogP contribution in [0.3, 0.4) is 0 Å². The number of rotatable bonds is 87. The third-order valence-electron chi connectivity index (χ3n) is 19.6. The molecule has 0 saturated heterocycles. The second-order valence-electron chi connectivity index (χ2n) is 30.7. The first-order valence-corrected chi connectivity index (χ1v) is 48.8. The van der Waals surface area contributed by atoms with Crippen LogP contribution in [0.15, 0.2) is 122 Å². The number of esters is 3. The summed E-state index contributed by atoms with van der Waals surface area (Å²) in [5.41, 5.74) is 0. The van der Waals surface area contributed by atoms with Gasteiger partial charge in [0.25, 0.3) is 0 Å². The quantitative estimate of drug-likeness (QED) is 0.0146. The van der Waals surface area contributed by atoms with Gasteiger partial charge < -0.3 is 34.2 Å². The van der Waals surface area contributed by atoms with E-state index in [1.165, 1.54) is 218 Å². The molecule has 5 atom stereocenters. The van der Waals surface area contributed by atoms with E-state index in [0.29, 0.717) is 19.3 Å². The summed E-state index contributed by atoms with van der Waals surface area (Å²) in [7, 11) is -9.79. The molecule has 4 N–H and O–H groups in total. The molecule has 0 amide bonds. The molecule has 0 aliphatic heterocycles. The van der Waals surface area contributed by atoms with Crippen molar-refractivity contribution < 1.29 is 75.8 Å². The van der Waals surface area contributed by atoms with Gasteiger partial charge in [0, 0.05) is 19.3 Å². The van der Waals surface area contributed by atoms with Gasteiger partial charge in [0.15, 0.2) is 6.10 Å². The van der Waals surface area contributed by atoms with Crippen molar-refractivity contribution in [2.45, 2.75) is 424 Å². The fraction of sp³-hybridized carbons (Fsp3) is 0.758. The van der Waals surface area contributed by atoms with E-state index in [2.05, 4.69) is 142 Å². The number of allylic oxidation sites excluding steroid dienone is 20. The van der Waals surface area contributed by atoms with Gasteiger partial charge >= 0.3 is 33.6 Å². The number of hydrogen-bond donors (Lipinski definition) is 4. The maximum absolute atomic E-state index is 13.0. The van der Waals surface area contributed by atoms with Crippen LogP contribution < -0.4 is 0 Å². The first kappa shape index (κ1) is 109. The van der Waals surface area contributed by atoms with Gasteiger partial charge in [-0.2, -0.15) is 0 Å². The highest BCUT2D eigenvalue weighted by Gasteiger charge is 2.29. The van der Waals surface area contributed by atoms with Crippen molar-refractivity contribution in [2.75, 3.05) is 39.6 Å². The molecule has 0 aliphatic carbocycles. The Morgan fingerprint density at radius 1 is 0.257 bits per heavy atom. The minimum Gasteiger partial charge on any atom is -0.463 e. The molecule has 654 valence electrons. The van der Waals surface area contributed by atoms with E-state index < -0.39 is 91.5 Å². The molecule has 0 rings (SSSR count). The van der Waals surface area contributed by atoms with E-state index in [1.54, 1.807) is 0 Å². The molecule has 0 heterocycles. The predicted molar refractivity (Wildman–Crippen MR) is 473 cm³/mol. The van der Waals surface area contributed by atoms with E-state index >= 15 is 0 Å². The van der Waals surface area contributed by atoms with E-state index in [4.69, 9.17) is 32.3 Å². The van der Waals surface area contributed by atoms with E-state index in [1.807, 2.05) is 0 Å². The first-order chi connectivity index (χ1) is 55.2. The number of ether oxygens (including phenoxy) is 3. The van der Waals surface area contributed by atoms with Crippen LogP contribution in [0.25, 0.3) is 0 Å². The molecule has 0 fully saturated rings. The number of phosphoric ester groups is 2. The van der Waals surface area contributed by atoms with Crippen molar-refractivity contribution >= 4 is 33.6 Å². The zero-order valence-electron chi connectivity index (χ0n) is 72.0. The van der Waals surface area contributed by atoms with Crippen molar-refractivity contribution in [3.05, 3.63) is 122 Å². The summed E-state index contributed by atoms with van der Waals surface area (Å²) < 4.78 is 61.3. The van der Waals surface area contributed by atoms with Crippen LogP contribution in [0.1, 0.15) is 406 Å². The molecule has 0 radical (unpaired) electrons. The Morgan fingerprint density at radius 2 is 0.469 bits per heavy atom. The summed E-state index contributed by atoms with van der Waals surface area (Å²) >= 11 is 0.